The van der Waals surface area contributed by atoms with E-state index < -0.39 is 6.10 Å². The number of amides is 1. The summed E-state index contributed by atoms with van der Waals surface area (Å²) in [5.74, 6) is 1.36. The maximum absolute atomic E-state index is 12.1. The number of nitrogens with zero attached hydrogens (tertiary/aromatic N) is 2. The zero-order chi connectivity index (χ0) is 20.8. The summed E-state index contributed by atoms with van der Waals surface area (Å²) in [5.41, 5.74) is 0.671. The third-order valence-corrected chi connectivity index (χ3v) is 5.02. The molecule has 2 aromatic carbocycles. The molecule has 0 bridgehead atoms. The van der Waals surface area contributed by atoms with E-state index in [4.69, 9.17) is 37.1 Å². The van der Waals surface area contributed by atoms with Gasteiger partial charge in [-0.3, -0.25) is 4.79 Å². The number of benzene rings is 2. The van der Waals surface area contributed by atoms with Crippen LogP contribution in [0.15, 0.2) is 52.1 Å². The minimum absolute atomic E-state index is 0.117. The molecule has 0 radical (unpaired) electrons. The summed E-state index contributed by atoms with van der Waals surface area (Å²) in [7, 11) is 1.58. The third-order valence-electron chi connectivity index (χ3n) is 3.67. The van der Waals surface area contributed by atoms with Gasteiger partial charge in [-0.25, -0.2) is 0 Å². The molecule has 1 heterocycles. The number of carbonyl (C=O) groups excluding carboxylic acids is 1. The number of thioether (sulfide) groups is 1. The molecule has 3 rings (SSSR count). The van der Waals surface area contributed by atoms with Gasteiger partial charge in [0.15, 0.2) is 6.10 Å². The van der Waals surface area contributed by atoms with Crippen LogP contribution in [0.2, 0.25) is 10.0 Å². The molecule has 1 N–H and O–H groups in total. The summed E-state index contributed by atoms with van der Waals surface area (Å²) >= 11 is 13.1. The van der Waals surface area contributed by atoms with Gasteiger partial charge in [0.1, 0.15) is 11.5 Å². The van der Waals surface area contributed by atoms with Crippen LogP contribution in [0.5, 0.6) is 11.5 Å². The molecule has 0 saturated heterocycles. The summed E-state index contributed by atoms with van der Waals surface area (Å²) in [6.45, 7) is 1.75. The first-order valence-corrected chi connectivity index (χ1v) is 10.2. The predicted octanol–water partition coefficient (Wildman–Crippen LogP) is 5.26. The topological polar surface area (TPSA) is 86.5 Å². The Morgan fingerprint density at radius 1 is 1.21 bits per heavy atom. The van der Waals surface area contributed by atoms with Crippen molar-refractivity contribution in [1.82, 2.24) is 10.2 Å². The van der Waals surface area contributed by atoms with Gasteiger partial charge < -0.3 is 19.2 Å². The number of nitrogens with one attached hydrogen (secondary N) is 1. The fourth-order valence-electron chi connectivity index (χ4n) is 2.25. The first-order valence-electron chi connectivity index (χ1n) is 8.46. The zero-order valence-corrected chi connectivity index (χ0v) is 17.8. The van der Waals surface area contributed by atoms with Crippen LogP contribution >= 0.6 is 35.0 Å². The maximum Gasteiger partial charge on any atom is 0.277 e. The second-order valence-electron chi connectivity index (χ2n) is 5.81. The van der Waals surface area contributed by atoms with Gasteiger partial charge in [-0.2, -0.15) is 0 Å². The highest BCUT2D eigenvalue weighted by atomic mass is 35.5. The third kappa shape index (κ3) is 6.03. The summed E-state index contributed by atoms with van der Waals surface area (Å²) in [4.78, 5) is 12.1. The van der Waals surface area contributed by atoms with E-state index >= 15 is 0 Å². The molecule has 152 valence electrons. The fraction of sp³-hybridized carbons (Fsp3) is 0.211. The Balaban J connectivity index is 1.51. The molecule has 0 aliphatic rings. The normalized spacial score (nSPS) is 11.7. The second-order valence-corrected chi connectivity index (χ2v) is 7.58. The number of halogens is 2. The second kappa shape index (κ2) is 9.87. The van der Waals surface area contributed by atoms with Gasteiger partial charge >= 0.3 is 0 Å². The lowest BCUT2D eigenvalue weighted by Crippen LogP contribution is -2.13. The van der Waals surface area contributed by atoms with E-state index in [-0.39, 0.29) is 22.8 Å². The zero-order valence-electron chi connectivity index (χ0n) is 15.5. The fourth-order valence-corrected chi connectivity index (χ4v) is 3.28. The molecule has 0 unspecified atom stereocenters. The number of hydrogen-bond donors (Lipinski definition) is 1. The van der Waals surface area contributed by atoms with Crippen molar-refractivity contribution >= 4 is 46.6 Å². The van der Waals surface area contributed by atoms with Gasteiger partial charge in [-0.05, 0) is 49.4 Å². The standard InChI is InChI=1S/C19H17Cl2N3O4S/c1-11(27-16-8-3-12(20)9-15(16)21)18-23-24-19(28-18)29-10-17(25)22-13-4-6-14(26-2)7-5-13/h3-9,11H,10H2,1-2H3,(H,22,25)/t11-/m1/s1. The van der Waals surface area contributed by atoms with Gasteiger partial charge in [-0.15, -0.1) is 10.2 Å². The first kappa shape index (κ1) is 21.3. The Hall–Kier alpha value is -2.42. The van der Waals surface area contributed by atoms with Crippen molar-refractivity contribution in [2.75, 3.05) is 18.2 Å². The number of rotatable bonds is 8. The van der Waals surface area contributed by atoms with Gasteiger partial charge in [0.25, 0.3) is 11.1 Å². The van der Waals surface area contributed by atoms with Crippen LogP contribution in [0.1, 0.15) is 18.9 Å². The number of anilines is 1. The van der Waals surface area contributed by atoms with E-state index in [0.717, 1.165) is 11.8 Å². The number of hydrogen-bond acceptors (Lipinski definition) is 7. The van der Waals surface area contributed by atoms with Crippen molar-refractivity contribution in [1.29, 1.82) is 0 Å². The van der Waals surface area contributed by atoms with Crippen LogP contribution in [0.3, 0.4) is 0 Å². The van der Waals surface area contributed by atoms with Crippen molar-refractivity contribution in [3.63, 3.8) is 0 Å². The molecular weight excluding hydrogens is 437 g/mol. The Kier molecular flexibility index (Phi) is 7.24. The number of methoxy groups -OCH3 is 1. The van der Waals surface area contributed by atoms with E-state index in [1.165, 1.54) is 0 Å². The number of carbonyl (C=O) groups is 1. The molecule has 0 aliphatic carbocycles. The molecule has 3 aromatic rings. The SMILES string of the molecule is COc1ccc(NC(=O)CSc2nnc([C@@H](C)Oc3ccc(Cl)cc3Cl)o2)cc1. The minimum atomic E-state index is -0.524. The monoisotopic (exact) mass is 453 g/mol. The van der Waals surface area contributed by atoms with E-state index in [0.29, 0.717) is 27.2 Å². The smallest absolute Gasteiger partial charge is 0.277 e. The molecule has 7 nitrogen and oxygen atoms in total. The maximum atomic E-state index is 12.1. The highest BCUT2D eigenvalue weighted by molar-refractivity contribution is 7.99. The summed E-state index contributed by atoms with van der Waals surface area (Å²) in [6.07, 6.45) is -0.524. The largest absolute Gasteiger partial charge is 0.497 e. The van der Waals surface area contributed by atoms with Crippen molar-refractivity contribution in [2.45, 2.75) is 18.3 Å². The van der Waals surface area contributed by atoms with Gasteiger partial charge in [0, 0.05) is 10.7 Å². The molecule has 1 aromatic heterocycles. The Morgan fingerprint density at radius 3 is 2.66 bits per heavy atom. The van der Waals surface area contributed by atoms with Crippen LogP contribution in [0.25, 0.3) is 0 Å². The van der Waals surface area contributed by atoms with Gasteiger partial charge in [0.2, 0.25) is 5.91 Å². The molecular formula is C19H17Cl2N3O4S. The summed E-state index contributed by atoms with van der Waals surface area (Å²) in [6, 6.07) is 12.0. The molecule has 1 amide bonds. The summed E-state index contributed by atoms with van der Waals surface area (Å²) < 4.78 is 16.4. The molecule has 0 spiro atoms. The van der Waals surface area contributed by atoms with Crippen molar-refractivity contribution in [2.24, 2.45) is 0 Å². The van der Waals surface area contributed by atoms with Crippen LogP contribution in [-0.4, -0.2) is 29.0 Å². The van der Waals surface area contributed by atoms with Crippen molar-refractivity contribution in [3.8, 4) is 11.5 Å². The van der Waals surface area contributed by atoms with E-state index in [1.54, 1.807) is 56.5 Å². The van der Waals surface area contributed by atoms with Crippen LogP contribution in [0.4, 0.5) is 5.69 Å². The van der Waals surface area contributed by atoms with Crippen molar-refractivity contribution < 1.29 is 18.7 Å². The Morgan fingerprint density at radius 2 is 1.97 bits per heavy atom. The number of ether oxygens (including phenoxy) is 2. The molecule has 29 heavy (non-hydrogen) atoms. The lowest BCUT2D eigenvalue weighted by Gasteiger charge is -2.12. The molecule has 0 aliphatic heterocycles. The Labute approximate surface area is 181 Å². The van der Waals surface area contributed by atoms with Gasteiger partial charge in [-0.1, -0.05) is 35.0 Å². The average Bonchev–Trinajstić information content (AvgIpc) is 3.18. The van der Waals surface area contributed by atoms with Crippen LogP contribution < -0.4 is 14.8 Å². The highest BCUT2D eigenvalue weighted by Gasteiger charge is 2.18. The minimum Gasteiger partial charge on any atom is -0.497 e. The lowest BCUT2D eigenvalue weighted by molar-refractivity contribution is -0.113. The number of aromatic nitrogens is 2. The first-order chi connectivity index (χ1) is 13.9. The van der Waals surface area contributed by atoms with E-state index in [2.05, 4.69) is 15.5 Å². The molecule has 0 saturated carbocycles. The Bertz CT molecular complexity index is 982. The van der Waals surface area contributed by atoms with Crippen molar-refractivity contribution in [3.05, 3.63) is 58.4 Å². The lowest BCUT2D eigenvalue weighted by atomic mass is 10.3. The highest BCUT2D eigenvalue weighted by Crippen LogP contribution is 2.31. The van der Waals surface area contributed by atoms with Crippen LogP contribution in [-0.2, 0) is 4.79 Å². The molecule has 0 fully saturated rings. The van der Waals surface area contributed by atoms with Crippen LogP contribution in [0, 0.1) is 0 Å². The molecule has 10 heteroatoms. The van der Waals surface area contributed by atoms with E-state index in [1.807, 2.05) is 0 Å². The molecule has 1 atom stereocenters. The van der Waals surface area contributed by atoms with E-state index in [9.17, 15) is 4.79 Å². The average molecular weight is 454 g/mol. The summed E-state index contributed by atoms with van der Waals surface area (Å²) in [5, 5.41) is 11.8. The predicted molar refractivity (Wildman–Crippen MR) is 112 cm³/mol. The van der Waals surface area contributed by atoms with Gasteiger partial charge in [0.05, 0.1) is 17.9 Å². The quantitative estimate of drug-likeness (QED) is 0.465.